The molecule has 0 atom stereocenters. The Morgan fingerprint density at radius 3 is 2.95 bits per heavy atom. The Kier molecular flexibility index (Phi) is 3.59. The molecule has 6 nitrogen and oxygen atoms in total. The maximum absolute atomic E-state index is 10.9. The third kappa shape index (κ3) is 2.74. The fourth-order valence-corrected chi connectivity index (χ4v) is 2.25. The molecule has 0 saturated carbocycles. The number of hydrogen-bond acceptors (Lipinski definition) is 5. The van der Waals surface area contributed by atoms with Gasteiger partial charge in [-0.2, -0.15) is 0 Å². The predicted molar refractivity (Wildman–Crippen MR) is 76.3 cm³/mol. The van der Waals surface area contributed by atoms with Gasteiger partial charge in [0.25, 0.3) is 5.69 Å². The molecule has 0 bridgehead atoms. The topological polar surface area (TPSA) is 81.8 Å². The van der Waals surface area contributed by atoms with Crippen molar-refractivity contribution in [3.8, 4) is 5.75 Å². The summed E-state index contributed by atoms with van der Waals surface area (Å²) in [5, 5.41) is 20.6. The van der Waals surface area contributed by atoms with Crippen LogP contribution in [0.1, 0.15) is 11.1 Å². The first-order valence-electron chi connectivity index (χ1n) is 6.43. The molecule has 0 amide bonds. The first-order valence-corrected chi connectivity index (χ1v) is 6.43. The summed E-state index contributed by atoms with van der Waals surface area (Å²) < 4.78 is 10.7. The number of hydrogen-bond donors (Lipinski definition) is 1. The lowest BCUT2D eigenvalue weighted by molar-refractivity contribution is -0.385. The van der Waals surface area contributed by atoms with E-state index in [4.69, 9.17) is 9.39 Å². The lowest BCUT2D eigenvalue weighted by Gasteiger charge is -2.08. The normalized spacial score (nSPS) is 13.1. The van der Waals surface area contributed by atoms with Gasteiger partial charge >= 0.3 is 7.12 Å². The summed E-state index contributed by atoms with van der Waals surface area (Å²) >= 11 is 0. The molecule has 0 aromatic heterocycles. The molecule has 0 fully saturated rings. The maximum atomic E-state index is 10.9. The van der Waals surface area contributed by atoms with Crippen LogP contribution in [-0.4, -0.2) is 17.1 Å². The molecule has 1 heterocycles. The van der Waals surface area contributed by atoms with E-state index in [1.807, 2.05) is 6.07 Å². The molecular formula is C14H12BNO5. The van der Waals surface area contributed by atoms with Gasteiger partial charge in [-0.05, 0) is 29.2 Å². The standard InChI is InChI=1S/C14H12BNO5/c17-15-13-7-12(6-5-10(13)9-21-15)20-8-11-3-1-2-4-14(11)16(18)19/h1-7,17H,8-9H2. The monoisotopic (exact) mass is 285 g/mol. The van der Waals surface area contributed by atoms with E-state index in [0.29, 0.717) is 23.4 Å². The number of para-hydroxylation sites is 1. The number of nitro groups is 1. The minimum Gasteiger partial charge on any atom is -0.489 e. The second-order valence-electron chi connectivity index (χ2n) is 4.70. The van der Waals surface area contributed by atoms with Crippen LogP contribution in [0.5, 0.6) is 5.75 Å². The van der Waals surface area contributed by atoms with E-state index < -0.39 is 12.0 Å². The summed E-state index contributed by atoms with van der Waals surface area (Å²) in [7, 11) is -0.936. The largest absolute Gasteiger partial charge is 0.491 e. The van der Waals surface area contributed by atoms with Gasteiger partial charge in [0, 0.05) is 6.07 Å². The molecule has 1 N–H and O–H groups in total. The van der Waals surface area contributed by atoms with Crippen LogP contribution in [-0.2, 0) is 17.9 Å². The van der Waals surface area contributed by atoms with Crippen LogP contribution in [0.3, 0.4) is 0 Å². The summed E-state index contributed by atoms with van der Waals surface area (Å²) in [4.78, 5) is 10.5. The van der Waals surface area contributed by atoms with Gasteiger partial charge in [-0.15, -0.1) is 0 Å². The van der Waals surface area contributed by atoms with Crippen LogP contribution < -0.4 is 10.2 Å². The second kappa shape index (κ2) is 5.55. The highest BCUT2D eigenvalue weighted by Gasteiger charge is 2.27. The molecule has 0 spiro atoms. The van der Waals surface area contributed by atoms with E-state index in [1.54, 1.807) is 30.3 Å². The van der Waals surface area contributed by atoms with Crippen LogP contribution >= 0.6 is 0 Å². The fraction of sp³-hybridized carbons (Fsp3) is 0.143. The van der Waals surface area contributed by atoms with Gasteiger partial charge in [0.05, 0.1) is 17.1 Å². The molecule has 0 saturated heterocycles. The zero-order valence-corrected chi connectivity index (χ0v) is 11.1. The van der Waals surface area contributed by atoms with E-state index >= 15 is 0 Å². The van der Waals surface area contributed by atoms with Gasteiger partial charge < -0.3 is 14.4 Å². The van der Waals surface area contributed by atoms with E-state index in [-0.39, 0.29) is 12.3 Å². The molecule has 2 aromatic rings. The van der Waals surface area contributed by atoms with E-state index in [1.165, 1.54) is 6.07 Å². The van der Waals surface area contributed by atoms with Crippen LogP contribution in [0, 0.1) is 10.1 Å². The lowest BCUT2D eigenvalue weighted by Crippen LogP contribution is -2.27. The van der Waals surface area contributed by atoms with Crippen molar-refractivity contribution in [3.05, 3.63) is 63.7 Å². The van der Waals surface area contributed by atoms with Gasteiger partial charge in [-0.3, -0.25) is 10.1 Å². The van der Waals surface area contributed by atoms with Crippen LogP contribution in [0.15, 0.2) is 42.5 Å². The Balaban J connectivity index is 1.77. The molecule has 2 aromatic carbocycles. The number of fused-ring (bicyclic) bond motifs is 1. The van der Waals surface area contributed by atoms with E-state index in [9.17, 15) is 15.1 Å². The predicted octanol–water partition coefficient (Wildman–Crippen LogP) is 1.39. The average Bonchev–Trinajstić information content (AvgIpc) is 2.86. The molecule has 0 aliphatic carbocycles. The van der Waals surface area contributed by atoms with Gasteiger partial charge in [-0.25, -0.2) is 0 Å². The summed E-state index contributed by atoms with van der Waals surface area (Å²) in [6.45, 7) is 0.466. The van der Waals surface area contributed by atoms with E-state index in [2.05, 4.69) is 0 Å². The number of nitrogens with zero attached hydrogens (tertiary/aromatic N) is 1. The minimum atomic E-state index is -0.936. The SMILES string of the molecule is O=[N+]([O-])c1ccccc1COc1ccc2c(c1)B(O)OC2. The Morgan fingerprint density at radius 2 is 2.14 bits per heavy atom. The summed E-state index contributed by atoms with van der Waals surface area (Å²) in [5.74, 6) is 0.538. The van der Waals surface area contributed by atoms with Crippen molar-refractivity contribution in [2.75, 3.05) is 0 Å². The molecule has 3 rings (SSSR count). The Labute approximate surface area is 121 Å². The molecular weight excluding hydrogens is 273 g/mol. The molecule has 21 heavy (non-hydrogen) atoms. The third-order valence-electron chi connectivity index (χ3n) is 3.36. The highest BCUT2D eigenvalue weighted by Crippen LogP contribution is 2.21. The zero-order valence-electron chi connectivity index (χ0n) is 11.1. The molecule has 1 aliphatic rings. The number of ether oxygens (including phenoxy) is 1. The van der Waals surface area contributed by atoms with Crippen molar-refractivity contribution < 1.29 is 19.3 Å². The van der Waals surface area contributed by atoms with Crippen molar-refractivity contribution in [3.63, 3.8) is 0 Å². The highest BCUT2D eigenvalue weighted by molar-refractivity contribution is 6.61. The number of benzene rings is 2. The first-order chi connectivity index (χ1) is 10.1. The quantitative estimate of drug-likeness (QED) is 0.521. The zero-order chi connectivity index (χ0) is 14.8. The van der Waals surface area contributed by atoms with Gasteiger partial charge in [0.1, 0.15) is 12.4 Å². The van der Waals surface area contributed by atoms with Crippen molar-refractivity contribution in [2.24, 2.45) is 0 Å². The highest BCUT2D eigenvalue weighted by atomic mass is 16.6. The first kappa shape index (κ1) is 13.6. The van der Waals surface area contributed by atoms with Gasteiger partial charge in [-0.1, -0.05) is 18.2 Å². The summed E-state index contributed by atoms with van der Waals surface area (Å²) in [5.41, 5.74) is 2.12. The number of rotatable bonds is 4. The smallest absolute Gasteiger partial charge is 0.489 e. The molecule has 106 valence electrons. The molecule has 1 aliphatic heterocycles. The molecule has 0 radical (unpaired) electrons. The minimum absolute atomic E-state index is 0.0297. The summed E-state index contributed by atoms with van der Waals surface area (Å²) in [6.07, 6.45) is 0. The lowest BCUT2D eigenvalue weighted by atomic mass is 9.79. The Morgan fingerprint density at radius 1 is 1.33 bits per heavy atom. The third-order valence-corrected chi connectivity index (χ3v) is 3.36. The Bertz CT molecular complexity index is 691. The second-order valence-corrected chi connectivity index (χ2v) is 4.70. The Hall–Kier alpha value is -2.38. The fourth-order valence-electron chi connectivity index (χ4n) is 2.25. The molecule has 0 unspecified atom stereocenters. The van der Waals surface area contributed by atoms with Crippen LogP contribution in [0.4, 0.5) is 5.69 Å². The average molecular weight is 285 g/mol. The van der Waals surface area contributed by atoms with E-state index in [0.717, 1.165) is 5.56 Å². The maximum Gasteiger partial charge on any atom is 0.491 e. The number of nitro benzene ring substituents is 1. The van der Waals surface area contributed by atoms with Gasteiger partial charge in [0.15, 0.2) is 0 Å². The van der Waals surface area contributed by atoms with Crippen molar-refractivity contribution in [1.29, 1.82) is 0 Å². The van der Waals surface area contributed by atoms with Crippen molar-refractivity contribution >= 4 is 18.3 Å². The van der Waals surface area contributed by atoms with Gasteiger partial charge in [0.2, 0.25) is 0 Å². The van der Waals surface area contributed by atoms with Crippen LogP contribution in [0.25, 0.3) is 0 Å². The van der Waals surface area contributed by atoms with Crippen molar-refractivity contribution in [1.82, 2.24) is 0 Å². The van der Waals surface area contributed by atoms with Crippen LogP contribution in [0.2, 0.25) is 0 Å². The molecule has 7 heteroatoms. The summed E-state index contributed by atoms with van der Waals surface area (Å²) in [6, 6.07) is 11.7. The van der Waals surface area contributed by atoms with Crippen molar-refractivity contribution in [2.45, 2.75) is 13.2 Å².